The summed E-state index contributed by atoms with van der Waals surface area (Å²) >= 11 is 0. The molecule has 2 aromatic heterocycles. The molecular formula is C31H42B2F8FeN2. The van der Waals surface area contributed by atoms with E-state index in [1.165, 1.54) is 99.4 Å². The summed E-state index contributed by atoms with van der Waals surface area (Å²) in [6.07, 6.45) is 26.2. The van der Waals surface area contributed by atoms with Gasteiger partial charge in [-0.1, -0.05) is 81.9 Å². The standard InChI is InChI=1S/C26H32N2.C5H10.2BF3.2FH.Fe/c1-22-9-11-26(12-10-22)28-20-15-25(16-21-28)24-13-18-27(19-14-24)17-5-4-8-23-6-2-3-7-23;1-2-4-5-3-1;2*2-1(3)4;;;/h9-16,18-21,23H,2-8,17H2,1H3;1-5H2;;;2*1H;/q+2;;;;;;/p-2. The molecule has 2 aliphatic carbocycles. The molecule has 0 saturated heterocycles. The molecule has 0 N–H and O–H groups in total. The molecule has 0 amide bonds. The summed E-state index contributed by atoms with van der Waals surface area (Å²) in [5.74, 6) is 1.02. The average Bonchev–Trinajstić information content (AvgIpc) is 3.69. The Morgan fingerprint density at radius 3 is 1.45 bits per heavy atom. The van der Waals surface area contributed by atoms with E-state index < -0.39 is 15.1 Å². The zero-order chi connectivity index (χ0) is 29.9. The number of aryl methyl sites for hydroxylation is 2. The summed E-state index contributed by atoms with van der Waals surface area (Å²) in [6.45, 7) is 3.25. The van der Waals surface area contributed by atoms with Crippen molar-refractivity contribution in [3.8, 4) is 16.8 Å². The van der Waals surface area contributed by atoms with E-state index in [2.05, 4.69) is 89.4 Å². The van der Waals surface area contributed by atoms with Crippen molar-refractivity contribution in [3.05, 3.63) is 78.9 Å². The van der Waals surface area contributed by atoms with Gasteiger partial charge in [0.1, 0.15) is 6.54 Å². The summed E-state index contributed by atoms with van der Waals surface area (Å²) in [6, 6.07) is 17.5. The second-order valence-electron chi connectivity index (χ2n) is 10.6. The fourth-order valence-electron chi connectivity index (χ4n) is 5.22. The van der Waals surface area contributed by atoms with Crippen LogP contribution in [0.5, 0.6) is 0 Å². The summed E-state index contributed by atoms with van der Waals surface area (Å²) in [4.78, 5) is 0. The normalized spacial score (nSPS) is 13.2. The van der Waals surface area contributed by atoms with E-state index in [0.717, 1.165) is 12.5 Å². The number of unbranched alkanes of at least 4 members (excludes halogenated alkanes) is 1. The number of nitrogens with zero attached hydrogens (tertiary/aromatic N) is 2. The number of pyridine rings is 2. The maximum atomic E-state index is 9.67. The molecule has 0 radical (unpaired) electrons. The minimum absolute atomic E-state index is 0. The summed E-state index contributed by atoms with van der Waals surface area (Å²) in [5.41, 5.74) is 5.02. The number of halogens is 8. The molecule has 0 spiro atoms. The fraction of sp³-hybridized carbons (Fsp3) is 0.484. The van der Waals surface area contributed by atoms with Crippen LogP contribution in [0.4, 0.5) is 25.9 Å². The van der Waals surface area contributed by atoms with Gasteiger partial charge in [-0.05, 0) is 30.4 Å². The predicted molar refractivity (Wildman–Crippen MR) is 155 cm³/mol. The van der Waals surface area contributed by atoms with E-state index in [9.17, 15) is 25.9 Å². The Hall–Kier alpha value is -2.39. The van der Waals surface area contributed by atoms with E-state index in [0.29, 0.717) is 0 Å². The molecule has 0 aliphatic heterocycles. The van der Waals surface area contributed by atoms with Gasteiger partial charge >= 0.3 is 15.1 Å². The minimum Gasteiger partial charge on any atom is -1.00 e. The largest absolute Gasteiger partial charge is 1.00 e. The molecular weight excluding hydrogens is 630 g/mol. The smallest absolute Gasteiger partial charge is 0.762 e. The van der Waals surface area contributed by atoms with Crippen molar-refractivity contribution in [3.63, 3.8) is 0 Å². The molecule has 3 aromatic rings. The molecule has 2 nitrogen and oxygen atoms in total. The molecule has 2 heterocycles. The average molecular weight is 672 g/mol. The predicted octanol–water partition coefficient (Wildman–Crippen LogP) is 3.30. The van der Waals surface area contributed by atoms with Crippen LogP contribution in [0.25, 0.3) is 16.8 Å². The Kier molecular flexibility index (Phi) is 25.7. The topological polar surface area (TPSA) is 7.76 Å². The van der Waals surface area contributed by atoms with Gasteiger partial charge in [-0.2, -0.15) is 4.57 Å². The third-order valence-electron chi connectivity index (χ3n) is 7.39. The maximum absolute atomic E-state index is 9.67. The Morgan fingerprint density at radius 1 is 0.614 bits per heavy atom. The maximum Gasteiger partial charge on any atom is 0.762 e. The van der Waals surface area contributed by atoms with Gasteiger partial charge < -0.3 is 9.41 Å². The van der Waals surface area contributed by atoms with Crippen LogP contribution in [0, 0.1) is 12.8 Å². The summed E-state index contributed by atoms with van der Waals surface area (Å²) < 4.78 is 62.5. The molecule has 246 valence electrons. The Bertz CT molecular complexity index is 1050. The molecule has 0 unspecified atom stereocenters. The van der Waals surface area contributed by atoms with Crippen LogP contribution in [0.1, 0.15) is 82.6 Å². The number of rotatable bonds is 7. The first kappa shape index (κ1) is 43.7. The van der Waals surface area contributed by atoms with Crippen LogP contribution in [0.15, 0.2) is 73.3 Å². The van der Waals surface area contributed by atoms with Gasteiger partial charge in [0.05, 0.1) is 0 Å². The van der Waals surface area contributed by atoms with Crippen LogP contribution < -0.4 is 18.5 Å². The molecule has 0 atom stereocenters. The van der Waals surface area contributed by atoms with Gasteiger partial charge in [0.25, 0.3) is 0 Å². The van der Waals surface area contributed by atoms with E-state index in [-0.39, 0.29) is 26.5 Å². The molecule has 44 heavy (non-hydrogen) atoms. The molecule has 5 rings (SSSR count). The minimum atomic E-state index is -3.67. The van der Waals surface area contributed by atoms with Gasteiger partial charge in [-0.3, -0.25) is 25.9 Å². The zero-order valence-corrected chi connectivity index (χ0v) is 26.2. The van der Waals surface area contributed by atoms with Crippen molar-refractivity contribution in [2.24, 2.45) is 5.92 Å². The van der Waals surface area contributed by atoms with Gasteiger partial charge in [0.2, 0.25) is 5.69 Å². The Labute approximate surface area is 268 Å². The van der Waals surface area contributed by atoms with Crippen molar-refractivity contribution in [2.45, 2.75) is 90.5 Å². The first-order valence-corrected chi connectivity index (χ1v) is 14.7. The first-order chi connectivity index (χ1) is 19.7. The fourth-order valence-corrected chi connectivity index (χ4v) is 5.22. The second-order valence-corrected chi connectivity index (χ2v) is 10.6. The van der Waals surface area contributed by atoms with Gasteiger partial charge in [0, 0.05) is 59.9 Å². The van der Waals surface area contributed by atoms with E-state index >= 15 is 0 Å². The molecule has 2 fully saturated rings. The molecule has 2 saturated carbocycles. The molecule has 13 heteroatoms. The van der Waals surface area contributed by atoms with Crippen molar-refractivity contribution >= 4 is 15.1 Å². The van der Waals surface area contributed by atoms with Gasteiger partial charge in [-0.15, -0.1) is 0 Å². The van der Waals surface area contributed by atoms with Crippen molar-refractivity contribution in [2.75, 3.05) is 0 Å². The molecule has 1 aromatic carbocycles. The third-order valence-corrected chi connectivity index (χ3v) is 7.39. The summed E-state index contributed by atoms with van der Waals surface area (Å²) in [7, 11) is -7.33. The SMILES string of the molecule is C1CCCC1.Cc1ccc(-[n+]2ccc(-c3cc[n+](CCCCC4CCCC4)cc3)cc2)cc1.FB(F)F.FB(F)F.[F-].[F-].[Fe]. The van der Waals surface area contributed by atoms with Crippen LogP contribution in [0.3, 0.4) is 0 Å². The van der Waals surface area contributed by atoms with Crippen molar-refractivity contribution < 1.29 is 61.5 Å². The Morgan fingerprint density at radius 2 is 1.02 bits per heavy atom. The van der Waals surface area contributed by atoms with Crippen LogP contribution in [-0.4, -0.2) is 15.1 Å². The number of aromatic nitrogens is 2. The Balaban J connectivity index is 0. The van der Waals surface area contributed by atoms with Crippen LogP contribution >= 0.6 is 0 Å². The summed E-state index contributed by atoms with van der Waals surface area (Å²) in [5, 5.41) is 0. The van der Waals surface area contributed by atoms with E-state index in [1.807, 2.05) is 0 Å². The third kappa shape index (κ3) is 19.8. The van der Waals surface area contributed by atoms with Crippen molar-refractivity contribution in [1.29, 1.82) is 0 Å². The van der Waals surface area contributed by atoms with Crippen LogP contribution in [-0.2, 0) is 23.6 Å². The quantitative estimate of drug-likeness (QED) is 0.158. The van der Waals surface area contributed by atoms with Crippen molar-refractivity contribution in [1.82, 2.24) is 0 Å². The van der Waals surface area contributed by atoms with Gasteiger partial charge in [-0.25, -0.2) is 4.57 Å². The monoisotopic (exact) mass is 672 g/mol. The zero-order valence-electron chi connectivity index (χ0n) is 25.1. The number of hydrogen-bond donors (Lipinski definition) is 0. The van der Waals surface area contributed by atoms with Crippen LogP contribution in [0.2, 0.25) is 0 Å². The molecule has 0 bridgehead atoms. The molecule has 2 aliphatic rings. The second kappa shape index (κ2) is 25.9. The first-order valence-electron chi connectivity index (χ1n) is 14.7. The number of hydrogen-bond acceptors (Lipinski definition) is 0. The van der Waals surface area contributed by atoms with Gasteiger partial charge in [0.15, 0.2) is 24.8 Å². The van der Waals surface area contributed by atoms with E-state index in [1.54, 1.807) is 0 Å². The van der Waals surface area contributed by atoms with E-state index in [4.69, 9.17) is 0 Å². The number of benzene rings is 1.